The molecule has 0 aliphatic heterocycles. The van der Waals surface area contributed by atoms with Gasteiger partial charge in [0.2, 0.25) is 0 Å². The van der Waals surface area contributed by atoms with E-state index in [0.29, 0.717) is 0 Å². The molecule has 0 aliphatic rings. The Morgan fingerprint density at radius 1 is 1.29 bits per heavy atom. The van der Waals surface area contributed by atoms with Crippen molar-refractivity contribution in [3.63, 3.8) is 0 Å². The van der Waals surface area contributed by atoms with Crippen molar-refractivity contribution in [1.29, 1.82) is 0 Å². The van der Waals surface area contributed by atoms with E-state index in [1.165, 1.54) is 0 Å². The Labute approximate surface area is 82.0 Å². The second-order valence-corrected chi connectivity index (χ2v) is 3.03. The molecule has 0 atom stereocenters. The lowest BCUT2D eigenvalue weighted by molar-refractivity contribution is 0.774. The first kappa shape index (κ1) is 8.96. The first-order chi connectivity index (χ1) is 6.83. The number of anilines is 1. The summed E-state index contributed by atoms with van der Waals surface area (Å²) in [5.74, 6) is 1.74. The number of nitrogens with zero attached hydrogens (tertiary/aromatic N) is 2. The van der Waals surface area contributed by atoms with Crippen LogP contribution in [0, 0.1) is 0 Å². The topological polar surface area (TPSA) is 65.6 Å². The number of hydrogen-bond acceptors (Lipinski definition) is 4. The molecular formula is C9H13N5. The Balaban J connectivity index is 2.43. The summed E-state index contributed by atoms with van der Waals surface area (Å²) in [4.78, 5) is 11.8. The Hall–Kier alpha value is -1.62. The summed E-state index contributed by atoms with van der Waals surface area (Å²) in [6, 6.07) is 3.89. The zero-order valence-corrected chi connectivity index (χ0v) is 8.26. The van der Waals surface area contributed by atoms with E-state index >= 15 is 0 Å². The van der Waals surface area contributed by atoms with Crippen LogP contribution in [-0.4, -0.2) is 29.0 Å². The second kappa shape index (κ2) is 3.63. The molecule has 5 heteroatoms. The zero-order chi connectivity index (χ0) is 9.97. The highest BCUT2D eigenvalue weighted by Crippen LogP contribution is 2.12. The third-order valence-corrected chi connectivity index (χ3v) is 2.00. The average molecular weight is 191 g/mol. The molecule has 0 saturated carbocycles. The number of H-pyrrole nitrogens is 1. The highest BCUT2D eigenvalue weighted by atomic mass is 15.1. The van der Waals surface area contributed by atoms with Crippen molar-refractivity contribution in [1.82, 2.24) is 20.3 Å². The number of rotatable bonds is 3. The number of hydrogen-bond donors (Lipinski definition) is 3. The lowest BCUT2D eigenvalue weighted by Crippen LogP contribution is -2.06. The minimum Gasteiger partial charge on any atom is -0.373 e. The maximum Gasteiger partial charge on any atom is 0.179 e. The number of aromatic amines is 1. The van der Waals surface area contributed by atoms with Gasteiger partial charge < -0.3 is 15.6 Å². The molecule has 0 spiro atoms. The molecule has 0 aliphatic carbocycles. The van der Waals surface area contributed by atoms with Crippen LogP contribution in [0.25, 0.3) is 11.2 Å². The smallest absolute Gasteiger partial charge is 0.179 e. The number of aromatic nitrogens is 3. The molecule has 0 unspecified atom stereocenters. The number of fused-ring (bicyclic) bond motifs is 1. The summed E-state index contributed by atoms with van der Waals surface area (Å²) >= 11 is 0. The van der Waals surface area contributed by atoms with Gasteiger partial charge in [0.1, 0.15) is 11.6 Å². The summed E-state index contributed by atoms with van der Waals surface area (Å²) in [6.07, 6.45) is 0. The van der Waals surface area contributed by atoms with Crippen LogP contribution >= 0.6 is 0 Å². The Kier molecular flexibility index (Phi) is 2.32. The largest absolute Gasteiger partial charge is 0.373 e. The lowest BCUT2D eigenvalue weighted by atomic mass is 10.4. The summed E-state index contributed by atoms with van der Waals surface area (Å²) < 4.78 is 0. The molecule has 0 bridgehead atoms. The first-order valence-electron chi connectivity index (χ1n) is 4.51. The van der Waals surface area contributed by atoms with Crippen LogP contribution in [0.2, 0.25) is 0 Å². The van der Waals surface area contributed by atoms with Crippen molar-refractivity contribution < 1.29 is 0 Å². The molecule has 2 aromatic rings. The van der Waals surface area contributed by atoms with E-state index in [4.69, 9.17) is 0 Å². The minimum atomic E-state index is 0.727. The summed E-state index contributed by atoms with van der Waals surface area (Å²) in [6.45, 7) is 0.727. The Morgan fingerprint density at radius 3 is 2.86 bits per heavy atom. The van der Waals surface area contributed by atoms with Crippen LogP contribution in [0.1, 0.15) is 5.82 Å². The standard InChI is InChI=1S/C9H13N5/c1-10-5-8-12-6-3-4-7(11-2)13-9(6)14-8/h3-4,10H,5H2,1-2H3,(H2,11,12,13,14). The van der Waals surface area contributed by atoms with Gasteiger partial charge in [-0.2, -0.15) is 0 Å². The van der Waals surface area contributed by atoms with Gasteiger partial charge in [-0.3, -0.25) is 0 Å². The van der Waals surface area contributed by atoms with Crippen molar-refractivity contribution in [3.05, 3.63) is 18.0 Å². The van der Waals surface area contributed by atoms with Gasteiger partial charge in [0.25, 0.3) is 0 Å². The van der Waals surface area contributed by atoms with Crippen molar-refractivity contribution in [2.75, 3.05) is 19.4 Å². The van der Waals surface area contributed by atoms with E-state index in [9.17, 15) is 0 Å². The number of imidazole rings is 1. The van der Waals surface area contributed by atoms with Gasteiger partial charge in [-0.1, -0.05) is 0 Å². The fraction of sp³-hybridized carbons (Fsp3) is 0.333. The number of nitrogens with one attached hydrogen (secondary N) is 3. The van der Waals surface area contributed by atoms with Gasteiger partial charge in [-0.15, -0.1) is 0 Å². The lowest BCUT2D eigenvalue weighted by Gasteiger charge is -1.95. The molecule has 0 fully saturated rings. The van der Waals surface area contributed by atoms with Crippen LogP contribution < -0.4 is 10.6 Å². The van der Waals surface area contributed by atoms with E-state index in [1.807, 2.05) is 26.2 Å². The van der Waals surface area contributed by atoms with E-state index in [1.54, 1.807) is 0 Å². The Morgan fingerprint density at radius 2 is 2.14 bits per heavy atom. The molecule has 0 aromatic carbocycles. The van der Waals surface area contributed by atoms with E-state index < -0.39 is 0 Å². The van der Waals surface area contributed by atoms with Crippen molar-refractivity contribution in [2.45, 2.75) is 6.54 Å². The average Bonchev–Trinajstić information content (AvgIpc) is 2.59. The van der Waals surface area contributed by atoms with Crippen molar-refractivity contribution in [3.8, 4) is 0 Å². The van der Waals surface area contributed by atoms with Gasteiger partial charge in [0.05, 0.1) is 12.1 Å². The molecule has 5 nitrogen and oxygen atoms in total. The van der Waals surface area contributed by atoms with Gasteiger partial charge in [-0.05, 0) is 19.2 Å². The van der Waals surface area contributed by atoms with Crippen LogP contribution in [0.15, 0.2) is 12.1 Å². The Bertz CT molecular complexity index is 434. The monoisotopic (exact) mass is 191 g/mol. The predicted molar refractivity (Wildman–Crippen MR) is 56.2 cm³/mol. The fourth-order valence-electron chi connectivity index (χ4n) is 1.33. The van der Waals surface area contributed by atoms with E-state index in [0.717, 1.165) is 29.4 Å². The van der Waals surface area contributed by atoms with Gasteiger partial charge >= 0.3 is 0 Å². The summed E-state index contributed by atoms with van der Waals surface area (Å²) in [5, 5.41) is 6.02. The summed E-state index contributed by atoms with van der Waals surface area (Å²) in [5.41, 5.74) is 1.72. The molecular weight excluding hydrogens is 178 g/mol. The quantitative estimate of drug-likeness (QED) is 0.668. The maximum absolute atomic E-state index is 4.34. The third-order valence-electron chi connectivity index (χ3n) is 2.00. The molecule has 2 heterocycles. The molecule has 2 rings (SSSR count). The minimum absolute atomic E-state index is 0.727. The van der Waals surface area contributed by atoms with Gasteiger partial charge in [0.15, 0.2) is 5.65 Å². The zero-order valence-electron chi connectivity index (χ0n) is 8.26. The normalized spacial score (nSPS) is 10.7. The van der Waals surface area contributed by atoms with Crippen LogP contribution in [-0.2, 0) is 6.54 Å². The molecule has 0 amide bonds. The van der Waals surface area contributed by atoms with Crippen LogP contribution in [0.3, 0.4) is 0 Å². The van der Waals surface area contributed by atoms with E-state index in [2.05, 4.69) is 25.6 Å². The van der Waals surface area contributed by atoms with Crippen LogP contribution in [0.4, 0.5) is 5.82 Å². The van der Waals surface area contributed by atoms with Crippen molar-refractivity contribution in [2.24, 2.45) is 0 Å². The molecule has 3 N–H and O–H groups in total. The van der Waals surface area contributed by atoms with Gasteiger partial charge in [0, 0.05) is 7.05 Å². The fourth-order valence-corrected chi connectivity index (χ4v) is 1.33. The second-order valence-electron chi connectivity index (χ2n) is 3.03. The van der Waals surface area contributed by atoms with Crippen molar-refractivity contribution >= 4 is 17.0 Å². The molecule has 2 aromatic heterocycles. The predicted octanol–water partition coefficient (Wildman–Crippen LogP) is 0.719. The highest BCUT2D eigenvalue weighted by Gasteiger charge is 2.03. The molecule has 0 saturated heterocycles. The highest BCUT2D eigenvalue weighted by molar-refractivity contribution is 5.72. The molecule has 14 heavy (non-hydrogen) atoms. The first-order valence-corrected chi connectivity index (χ1v) is 4.51. The van der Waals surface area contributed by atoms with Gasteiger partial charge in [-0.25, -0.2) is 9.97 Å². The number of pyridine rings is 1. The summed E-state index contributed by atoms with van der Waals surface area (Å²) in [7, 11) is 3.73. The third kappa shape index (κ3) is 1.54. The maximum atomic E-state index is 4.34. The molecule has 0 radical (unpaired) electrons. The SMILES string of the molecule is CNCc1nc2nc(NC)ccc2[nH]1. The molecule has 74 valence electrons. The van der Waals surface area contributed by atoms with Crippen LogP contribution in [0.5, 0.6) is 0 Å². The van der Waals surface area contributed by atoms with E-state index in [-0.39, 0.29) is 0 Å².